The number of esters is 1. The number of rotatable bonds is 7. The maximum Gasteiger partial charge on any atom is 0.416 e. The first-order valence-corrected chi connectivity index (χ1v) is 12.3. The summed E-state index contributed by atoms with van der Waals surface area (Å²) in [6.45, 7) is 2.30. The summed E-state index contributed by atoms with van der Waals surface area (Å²) in [5, 5.41) is 0. The number of carbonyl (C=O) groups excluding carboxylic acids is 3. The van der Waals surface area contributed by atoms with Crippen LogP contribution in [0, 0.1) is 0 Å². The Balaban J connectivity index is 1.57. The molecule has 6 nitrogen and oxygen atoms in total. The van der Waals surface area contributed by atoms with Gasteiger partial charge in [0.1, 0.15) is 11.8 Å². The number of hydrogen-bond acceptors (Lipinski definition) is 4. The molecule has 1 aliphatic heterocycles. The molecule has 3 aromatic rings. The van der Waals surface area contributed by atoms with Crippen LogP contribution in [0.4, 0.5) is 13.2 Å². The maximum absolute atomic E-state index is 13.1. The number of alkyl halides is 3. The molecule has 3 aromatic carbocycles. The van der Waals surface area contributed by atoms with Crippen molar-refractivity contribution in [2.75, 3.05) is 6.54 Å². The molecule has 1 unspecified atom stereocenters. The number of hydrogen-bond donors (Lipinski definition) is 1. The van der Waals surface area contributed by atoms with Gasteiger partial charge in [0, 0.05) is 13.0 Å². The Morgan fingerprint density at radius 2 is 1.74 bits per heavy atom. The van der Waals surface area contributed by atoms with Gasteiger partial charge in [-0.2, -0.15) is 13.2 Å². The fraction of sp³-hybridized carbons (Fsp3) is 0.276. The first kappa shape index (κ1) is 26.9. The van der Waals surface area contributed by atoms with E-state index in [-0.39, 0.29) is 17.2 Å². The quantitative estimate of drug-likeness (QED) is 0.318. The van der Waals surface area contributed by atoms with Crippen LogP contribution in [-0.2, 0) is 22.2 Å². The van der Waals surface area contributed by atoms with Crippen LogP contribution in [0.2, 0.25) is 0 Å². The summed E-state index contributed by atoms with van der Waals surface area (Å²) in [7, 11) is 0. The third kappa shape index (κ3) is 5.72. The summed E-state index contributed by atoms with van der Waals surface area (Å²) in [5.41, 5.74) is 7.27. The molecule has 0 fully saturated rings. The maximum atomic E-state index is 13.1. The van der Waals surface area contributed by atoms with E-state index in [1.54, 1.807) is 30.3 Å². The molecule has 1 aliphatic rings. The van der Waals surface area contributed by atoms with Crippen molar-refractivity contribution in [2.45, 2.75) is 44.8 Å². The van der Waals surface area contributed by atoms with E-state index in [1.165, 1.54) is 29.2 Å². The van der Waals surface area contributed by atoms with Gasteiger partial charge in [0.05, 0.1) is 11.1 Å². The van der Waals surface area contributed by atoms with Crippen molar-refractivity contribution in [3.05, 3.63) is 89.0 Å². The van der Waals surface area contributed by atoms with Gasteiger partial charge in [-0.3, -0.25) is 9.59 Å². The monoisotopic (exact) mass is 524 g/mol. The second-order valence-corrected chi connectivity index (χ2v) is 9.12. The first-order chi connectivity index (χ1) is 18.1. The lowest BCUT2D eigenvalue weighted by Gasteiger charge is -2.35. The van der Waals surface area contributed by atoms with E-state index in [2.05, 4.69) is 0 Å². The Morgan fingerprint density at radius 1 is 1.03 bits per heavy atom. The minimum atomic E-state index is -4.46. The zero-order valence-electron chi connectivity index (χ0n) is 20.8. The Bertz CT molecular complexity index is 1350. The third-order valence-corrected chi connectivity index (χ3v) is 6.56. The van der Waals surface area contributed by atoms with Gasteiger partial charge in [-0.15, -0.1) is 0 Å². The van der Waals surface area contributed by atoms with E-state index in [9.17, 15) is 27.6 Å². The molecule has 1 heterocycles. The minimum absolute atomic E-state index is 0.128. The number of nitrogens with zero attached hydrogens (tertiary/aromatic N) is 1. The second-order valence-electron chi connectivity index (χ2n) is 9.12. The van der Waals surface area contributed by atoms with Crippen LogP contribution in [0.25, 0.3) is 11.1 Å². The molecule has 0 saturated carbocycles. The third-order valence-electron chi connectivity index (χ3n) is 6.56. The Labute approximate surface area is 218 Å². The molecule has 0 aromatic heterocycles. The number of fused-ring (bicyclic) bond motifs is 1. The van der Waals surface area contributed by atoms with E-state index in [4.69, 9.17) is 10.5 Å². The van der Waals surface area contributed by atoms with Crippen LogP contribution < -0.4 is 10.5 Å². The normalized spacial score (nSPS) is 15.1. The highest BCUT2D eigenvalue weighted by Gasteiger charge is 2.34. The average molecular weight is 525 g/mol. The van der Waals surface area contributed by atoms with E-state index in [0.717, 1.165) is 30.5 Å². The molecule has 0 saturated heterocycles. The van der Waals surface area contributed by atoms with Gasteiger partial charge in [-0.05, 0) is 65.4 Å². The smallest absolute Gasteiger partial charge is 0.416 e. The number of amides is 2. The topological polar surface area (TPSA) is 89.7 Å². The largest absolute Gasteiger partial charge is 0.423 e. The lowest BCUT2D eigenvalue weighted by atomic mass is 9.91. The molecule has 38 heavy (non-hydrogen) atoms. The van der Waals surface area contributed by atoms with Gasteiger partial charge in [0.2, 0.25) is 11.8 Å². The molecule has 0 radical (unpaired) electrons. The van der Waals surface area contributed by atoms with Gasteiger partial charge < -0.3 is 15.4 Å². The summed E-state index contributed by atoms with van der Waals surface area (Å²) < 4.78 is 44.5. The lowest BCUT2D eigenvalue weighted by Crippen LogP contribution is -2.45. The van der Waals surface area contributed by atoms with Crippen LogP contribution >= 0.6 is 0 Å². The predicted octanol–water partition coefficient (Wildman–Crippen LogP) is 5.69. The van der Waals surface area contributed by atoms with Crippen molar-refractivity contribution in [3.8, 4) is 16.9 Å². The van der Waals surface area contributed by atoms with Crippen LogP contribution in [0.5, 0.6) is 5.75 Å². The molecular formula is C29H27F3N2O4. The number of ether oxygens (including phenoxy) is 1. The standard InChI is InChI=1S/C29H27F3N2O4/c1-2-3-8-25(35)34-16-15-19-17-21(13-14-23(19)26(34)27(33)36)38-28(37)24-7-5-4-6-22(24)18-9-11-20(12-10-18)29(30,31)32/h4-7,9-14,17,26H,2-3,8,15-16H2,1H3,(H2,33,36). The zero-order chi connectivity index (χ0) is 27.4. The Morgan fingerprint density at radius 3 is 2.39 bits per heavy atom. The van der Waals surface area contributed by atoms with Gasteiger partial charge in [0.25, 0.3) is 0 Å². The van der Waals surface area contributed by atoms with Crippen LogP contribution in [0.15, 0.2) is 66.7 Å². The fourth-order valence-corrected chi connectivity index (χ4v) is 4.63. The molecule has 0 aliphatic carbocycles. The molecular weight excluding hydrogens is 497 g/mol. The van der Waals surface area contributed by atoms with E-state index >= 15 is 0 Å². The van der Waals surface area contributed by atoms with Crippen molar-refractivity contribution in [3.63, 3.8) is 0 Å². The molecule has 0 bridgehead atoms. The molecule has 1 atom stereocenters. The summed E-state index contributed by atoms with van der Waals surface area (Å²) in [5.74, 6) is -1.20. The van der Waals surface area contributed by atoms with E-state index in [1.807, 2.05) is 6.92 Å². The van der Waals surface area contributed by atoms with Crippen LogP contribution in [0.3, 0.4) is 0 Å². The SMILES string of the molecule is CCCCC(=O)N1CCc2cc(OC(=O)c3ccccc3-c3ccc(C(F)(F)F)cc3)ccc2C1C(N)=O. The number of primary amides is 1. The zero-order valence-corrected chi connectivity index (χ0v) is 20.8. The lowest BCUT2D eigenvalue weighted by molar-refractivity contribution is -0.140. The number of halogens is 3. The molecule has 198 valence electrons. The van der Waals surface area contributed by atoms with Gasteiger partial charge in [-0.1, -0.05) is 49.7 Å². The molecule has 2 amide bonds. The first-order valence-electron chi connectivity index (χ1n) is 12.3. The van der Waals surface area contributed by atoms with Gasteiger partial charge >= 0.3 is 12.1 Å². The Hall–Kier alpha value is -4.14. The van der Waals surface area contributed by atoms with Gasteiger partial charge in [-0.25, -0.2) is 4.79 Å². The van der Waals surface area contributed by atoms with E-state index < -0.39 is 29.7 Å². The van der Waals surface area contributed by atoms with Crippen LogP contribution in [0.1, 0.15) is 59.3 Å². The summed E-state index contributed by atoms with van der Waals surface area (Å²) in [4.78, 5) is 39.5. The fourth-order valence-electron chi connectivity index (χ4n) is 4.63. The molecule has 0 spiro atoms. The molecule has 2 N–H and O–H groups in total. The van der Waals surface area contributed by atoms with Crippen molar-refractivity contribution < 1.29 is 32.3 Å². The van der Waals surface area contributed by atoms with Crippen molar-refractivity contribution in [1.29, 1.82) is 0 Å². The van der Waals surface area contributed by atoms with Crippen molar-refractivity contribution >= 4 is 17.8 Å². The van der Waals surface area contributed by atoms with Crippen molar-refractivity contribution in [1.82, 2.24) is 4.90 Å². The number of benzene rings is 3. The molecule has 9 heteroatoms. The second kappa shape index (κ2) is 11.1. The predicted molar refractivity (Wildman–Crippen MR) is 135 cm³/mol. The number of unbranched alkanes of at least 4 members (excludes halogenated alkanes) is 1. The highest BCUT2D eigenvalue weighted by Crippen LogP contribution is 2.34. The van der Waals surface area contributed by atoms with Crippen molar-refractivity contribution in [2.24, 2.45) is 5.73 Å². The van der Waals surface area contributed by atoms with E-state index in [0.29, 0.717) is 36.1 Å². The van der Waals surface area contributed by atoms with Crippen LogP contribution in [-0.4, -0.2) is 29.2 Å². The summed E-state index contributed by atoms with van der Waals surface area (Å²) in [6.07, 6.45) is -2.09. The number of nitrogens with two attached hydrogens (primary N) is 1. The minimum Gasteiger partial charge on any atom is -0.423 e. The highest BCUT2D eigenvalue weighted by atomic mass is 19.4. The summed E-state index contributed by atoms with van der Waals surface area (Å²) in [6, 6.07) is 15.0. The number of carbonyl (C=O) groups is 3. The molecule has 4 rings (SSSR count). The average Bonchev–Trinajstić information content (AvgIpc) is 2.90. The Kier molecular flexibility index (Phi) is 7.85. The summed E-state index contributed by atoms with van der Waals surface area (Å²) >= 11 is 0. The van der Waals surface area contributed by atoms with Gasteiger partial charge in [0.15, 0.2) is 0 Å². The highest BCUT2D eigenvalue weighted by molar-refractivity contribution is 5.98.